The molecule has 1 N–H and O–H groups in total. The number of nitrogens with zero attached hydrogens (tertiary/aromatic N) is 1. The predicted octanol–water partition coefficient (Wildman–Crippen LogP) is 2.59. The maximum Gasteiger partial charge on any atom is 0.239 e. The Bertz CT molecular complexity index is 418. The Kier molecular flexibility index (Phi) is 4.59. The Morgan fingerprint density at radius 1 is 1.37 bits per heavy atom. The van der Waals surface area contributed by atoms with Crippen LogP contribution in [0.25, 0.3) is 0 Å². The standard InChI is InChI=1S/C16H24N2O/c1-12-9-10-17-15(11-12)16(19)18(3)13(2)14-7-5-4-6-8-14/h4-8,12-13,15,17H,9-11H2,1-3H3. The second-order valence-electron chi connectivity index (χ2n) is 5.67. The van der Waals surface area contributed by atoms with Gasteiger partial charge in [0, 0.05) is 7.05 Å². The highest BCUT2D eigenvalue weighted by Gasteiger charge is 2.29. The van der Waals surface area contributed by atoms with E-state index in [4.69, 9.17) is 0 Å². The Morgan fingerprint density at radius 3 is 2.68 bits per heavy atom. The maximum atomic E-state index is 12.5. The van der Waals surface area contributed by atoms with Crippen LogP contribution in [0.1, 0.15) is 38.3 Å². The molecule has 1 saturated heterocycles. The van der Waals surface area contributed by atoms with Gasteiger partial charge in [0.2, 0.25) is 5.91 Å². The molecule has 1 amide bonds. The van der Waals surface area contributed by atoms with E-state index in [1.165, 1.54) is 12.0 Å². The molecule has 1 heterocycles. The summed E-state index contributed by atoms with van der Waals surface area (Å²) in [6.07, 6.45) is 2.12. The molecule has 0 aromatic heterocycles. The van der Waals surface area contributed by atoms with Crippen molar-refractivity contribution in [1.82, 2.24) is 10.2 Å². The number of hydrogen-bond acceptors (Lipinski definition) is 2. The molecule has 19 heavy (non-hydrogen) atoms. The van der Waals surface area contributed by atoms with E-state index in [0.717, 1.165) is 13.0 Å². The van der Waals surface area contributed by atoms with E-state index in [1.54, 1.807) is 0 Å². The molecule has 104 valence electrons. The number of piperidine rings is 1. The van der Waals surface area contributed by atoms with E-state index in [2.05, 4.69) is 31.3 Å². The zero-order valence-electron chi connectivity index (χ0n) is 12.1. The fourth-order valence-corrected chi connectivity index (χ4v) is 2.69. The zero-order chi connectivity index (χ0) is 13.8. The van der Waals surface area contributed by atoms with Crippen LogP contribution in [0.2, 0.25) is 0 Å². The van der Waals surface area contributed by atoms with Crippen molar-refractivity contribution in [3.63, 3.8) is 0 Å². The first kappa shape index (κ1) is 14.1. The Morgan fingerprint density at radius 2 is 2.05 bits per heavy atom. The van der Waals surface area contributed by atoms with E-state index in [9.17, 15) is 4.79 Å². The highest BCUT2D eigenvalue weighted by Crippen LogP contribution is 2.22. The number of amides is 1. The molecule has 2 rings (SSSR count). The van der Waals surface area contributed by atoms with Crippen molar-refractivity contribution < 1.29 is 4.79 Å². The third-order valence-electron chi connectivity index (χ3n) is 4.17. The van der Waals surface area contributed by atoms with E-state index in [1.807, 2.05) is 30.1 Å². The van der Waals surface area contributed by atoms with Gasteiger partial charge in [-0.25, -0.2) is 0 Å². The number of hydrogen-bond donors (Lipinski definition) is 1. The molecule has 0 radical (unpaired) electrons. The van der Waals surface area contributed by atoms with E-state index in [-0.39, 0.29) is 18.0 Å². The van der Waals surface area contributed by atoms with Crippen molar-refractivity contribution in [3.05, 3.63) is 35.9 Å². The summed E-state index contributed by atoms with van der Waals surface area (Å²) in [6.45, 7) is 5.26. The summed E-state index contributed by atoms with van der Waals surface area (Å²) in [7, 11) is 1.90. The molecule has 1 aromatic rings. The second-order valence-corrected chi connectivity index (χ2v) is 5.67. The topological polar surface area (TPSA) is 32.3 Å². The number of carbonyl (C=O) groups is 1. The van der Waals surface area contributed by atoms with Crippen LogP contribution in [-0.2, 0) is 4.79 Å². The third-order valence-corrected chi connectivity index (χ3v) is 4.17. The highest BCUT2D eigenvalue weighted by molar-refractivity contribution is 5.82. The molecule has 3 nitrogen and oxygen atoms in total. The normalized spacial score (nSPS) is 24.8. The lowest BCUT2D eigenvalue weighted by molar-refractivity contribution is -0.135. The van der Waals surface area contributed by atoms with Crippen LogP contribution in [0.15, 0.2) is 30.3 Å². The van der Waals surface area contributed by atoms with Crippen LogP contribution in [0.3, 0.4) is 0 Å². The average molecular weight is 260 g/mol. The quantitative estimate of drug-likeness (QED) is 0.906. The van der Waals surface area contributed by atoms with Crippen molar-refractivity contribution in [2.24, 2.45) is 5.92 Å². The molecular weight excluding hydrogens is 236 g/mol. The number of carbonyl (C=O) groups excluding carboxylic acids is 1. The SMILES string of the molecule is CC1CCNC(C(=O)N(C)C(C)c2ccccc2)C1. The summed E-state index contributed by atoms with van der Waals surface area (Å²) < 4.78 is 0. The first-order valence-corrected chi connectivity index (χ1v) is 7.14. The Labute approximate surface area is 116 Å². The van der Waals surface area contributed by atoms with Gasteiger partial charge in [0.05, 0.1) is 12.1 Å². The lowest BCUT2D eigenvalue weighted by Crippen LogP contribution is -2.49. The molecule has 1 aliphatic rings. The van der Waals surface area contributed by atoms with Crippen molar-refractivity contribution in [2.45, 2.75) is 38.8 Å². The summed E-state index contributed by atoms with van der Waals surface area (Å²) in [5.41, 5.74) is 1.18. The van der Waals surface area contributed by atoms with Gasteiger partial charge in [-0.15, -0.1) is 0 Å². The van der Waals surface area contributed by atoms with E-state index in [0.29, 0.717) is 5.92 Å². The van der Waals surface area contributed by atoms with Crippen molar-refractivity contribution >= 4 is 5.91 Å². The van der Waals surface area contributed by atoms with E-state index < -0.39 is 0 Å². The fourth-order valence-electron chi connectivity index (χ4n) is 2.69. The van der Waals surface area contributed by atoms with Gasteiger partial charge >= 0.3 is 0 Å². The molecule has 1 fully saturated rings. The van der Waals surface area contributed by atoms with Gasteiger partial charge in [0.25, 0.3) is 0 Å². The minimum Gasteiger partial charge on any atom is -0.338 e. The smallest absolute Gasteiger partial charge is 0.239 e. The summed E-state index contributed by atoms with van der Waals surface area (Å²) >= 11 is 0. The fraction of sp³-hybridized carbons (Fsp3) is 0.562. The zero-order valence-corrected chi connectivity index (χ0v) is 12.1. The average Bonchev–Trinajstić information content (AvgIpc) is 2.46. The molecule has 0 spiro atoms. The lowest BCUT2D eigenvalue weighted by Gasteiger charge is -2.33. The molecule has 0 bridgehead atoms. The van der Waals surface area contributed by atoms with Gasteiger partial charge in [-0.2, -0.15) is 0 Å². The summed E-state index contributed by atoms with van der Waals surface area (Å²) in [6, 6.07) is 10.3. The first-order chi connectivity index (χ1) is 9.09. The summed E-state index contributed by atoms with van der Waals surface area (Å²) in [5.74, 6) is 0.846. The molecule has 1 aromatic carbocycles. The van der Waals surface area contributed by atoms with Gasteiger partial charge < -0.3 is 10.2 Å². The predicted molar refractivity (Wildman–Crippen MR) is 77.8 cm³/mol. The summed E-state index contributed by atoms with van der Waals surface area (Å²) in [5, 5.41) is 3.35. The lowest BCUT2D eigenvalue weighted by atomic mass is 9.93. The molecule has 3 atom stereocenters. The highest BCUT2D eigenvalue weighted by atomic mass is 16.2. The molecule has 0 saturated carbocycles. The second kappa shape index (κ2) is 6.20. The minimum atomic E-state index is -0.0140. The van der Waals surface area contributed by atoms with Crippen LogP contribution in [0.5, 0.6) is 0 Å². The van der Waals surface area contributed by atoms with E-state index >= 15 is 0 Å². The maximum absolute atomic E-state index is 12.5. The first-order valence-electron chi connectivity index (χ1n) is 7.14. The van der Waals surface area contributed by atoms with Gasteiger partial charge in [-0.3, -0.25) is 4.79 Å². The number of nitrogens with one attached hydrogen (secondary N) is 1. The molecule has 3 heteroatoms. The van der Waals surface area contributed by atoms with Crippen LogP contribution >= 0.6 is 0 Å². The molecular formula is C16H24N2O. The van der Waals surface area contributed by atoms with Gasteiger partial charge in [-0.1, -0.05) is 37.3 Å². The van der Waals surface area contributed by atoms with Gasteiger partial charge in [0.1, 0.15) is 0 Å². The van der Waals surface area contributed by atoms with Crippen LogP contribution < -0.4 is 5.32 Å². The van der Waals surface area contributed by atoms with Gasteiger partial charge in [0.15, 0.2) is 0 Å². The molecule has 0 aliphatic carbocycles. The number of rotatable bonds is 3. The largest absolute Gasteiger partial charge is 0.338 e. The van der Waals surface area contributed by atoms with Crippen LogP contribution in [0, 0.1) is 5.92 Å². The van der Waals surface area contributed by atoms with Crippen molar-refractivity contribution in [2.75, 3.05) is 13.6 Å². The van der Waals surface area contributed by atoms with Crippen molar-refractivity contribution in [1.29, 1.82) is 0 Å². The number of likely N-dealkylation sites (N-methyl/N-ethyl adjacent to an activating group) is 1. The van der Waals surface area contributed by atoms with Crippen LogP contribution in [0.4, 0.5) is 0 Å². The summed E-state index contributed by atoms with van der Waals surface area (Å²) in [4.78, 5) is 14.4. The monoisotopic (exact) mass is 260 g/mol. The Hall–Kier alpha value is -1.35. The third kappa shape index (κ3) is 3.35. The molecule has 1 aliphatic heterocycles. The Balaban J connectivity index is 2.02. The minimum absolute atomic E-state index is 0.0140. The van der Waals surface area contributed by atoms with Crippen LogP contribution in [-0.4, -0.2) is 30.4 Å². The van der Waals surface area contributed by atoms with Gasteiger partial charge in [-0.05, 0) is 37.8 Å². The molecule has 3 unspecified atom stereocenters. The van der Waals surface area contributed by atoms with Crippen molar-refractivity contribution in [3.8, 4) is 0 Å². The number of benzene rings is 1.